The van der Waals surface area contributed by atoms with Gasteiger partial charge in [-0.25, -0.2) is 4.39 Å². The molecule has 3 rings (SSSR count). The largest absolute Gasteiger partial charge is 0.352 e. The number of aryl methyl sites for hydroxylation is 1. The molecule has 6 heteroatoms. The van der Waals surface area contributed by atoms with E-state index in [4.69, 9.17) is 0 Å². The summed E-state index contributed by atoms with van der Waals surface area (Å²) in [4.78, 5) is 28.7. The van der Waals surface area contributed by atoms with Gasteiger partial charge in [-0.15, -0.1) is 11.8 Å². The standard InChI is InChI=1S/C29H33FN2O2S/c1-21(2)31-29(34)27(17-23-10-5-4-6-11-23)32(18-25-12-8-7-9-22(25)3)28(33)20-35-19-24-13-15-26(30)16-14-24/h4-16,21,27H,17-20H2,1-3H3,(H,31,34)/t27-/m0/s1. The van der Waals surface area contributed by atoms with Crippen LogP contribution in [0.25, 0.3) is 0 Å². The van der Waals surface area contributed by atoms with E-state index in [0.29, 0.717) is 18.7 Å². The smallest absolute Gasteiger partial charge is 0.243 e. The zero-order valence-electron chi connectivity index (χ0n) is 20.5. The Morgan fingerprint density at radius 1 is 0.914 bits per heavy atom. The number of amides is 2. The van der Waals surface area contributed by atoms with Crippen molar-refractivity contribution in [1.82, 2.24) is 10.2 Å². The summed E-state index contributed by atoms with van der Waals surface area (Å²) < 4.78 is 13.2. The van der Waals surface area contributed by atoms with Gasteiger partial charge in [0.05, 0.1) is 5.75 Å². The van der Waals surface area contributed by atoms with E-state index >= 15 is 0 Å². The lowest BCUT2D eigenvalue weighted by molar-refractivity contribution is -0.139. The summed E-state index contributed by atoms with van der Waals surface area (Å²) >= 11 is 1.47. The van der Waals surface area contributed by atoms with Gasteiger partial charge in [0.25, 0.3) is 0 Å². The minimum absolute atomic E-state index is 0.0379. The van der Waals surface area contributed by atoms with Crippen LogP contribution in [0.2, 0.25) is 0 Å². The quantitative estimate of drug-likeness (QED) is 0.383. The average molecular weight is 493 g/mol. The van der Waals surface area contributed by atoms with Gasteiger partial charge in [0.15, 0.2) is 0 Å². The molecule has 0 aliphatic carbocycles. The summed E-state index contributed by atoms with van der Waals surface area (Å²) in [6.45, 7) is 6.21. The van der Waals surface area contributed by atoms with Crippen molar-refractivity contribution in [3.63, 3.8) is 0 Å². The summed E-state index contributed by atoms with van der Waals surface area (Å²) in [7, 11) is 0. The Morgan fingerprint density at radius 3 is 2.23 bits per heavy atom. The lowest BCUT2D eigenvalue weighted by Crippen LogP contribution is -2.52. The molecule has 0 aromatic heterocycles. The van der Waals surface area contributed by atoms with Gasteiger partial charge < -0.3 is 10.2 Å². The lowest BCUT2D eigenvalue weighted by atomic mass is 10.0. The van der Waals surface area contributed by atoms with Crippen LogP contribution in [-0.4, -0.2) is 34.6 Å². The first-order chi connectivity index (χ1) is 16.8. The van der Waals surface area contributed by atoms with E-state index in [1.807, 2.05) is 75.4 Å². The molecule has 4 nitrogen and oxygen atoms in total. The maximum absolute atomic E-state index is 13.6. The number of benzene rings is 3. The van der Waals surface area contributed by atoms with E-state index < -0.39 is 6.04 Å². The van der Waals surface area contributed by atoms with Crippen LogP contribution in [0.5, 0.6) is 0 Å². The predicted octanol–water partition coefficient (Wildman–Crippen LogP) is 5.53. The van der Waals surface area contributed by atoms with Crippen LogP contribution in [0.3, 0.4) is 0 Å². The van der Waals surface area contributed by atoms with Crippen molar-refractivity contribution in [3.05, 3.63) is 107 Å². The van der Waals surface area contributed by atoms with Crippen LogP contribution in [0, 0.1) is 12.7 Å². The molecule has 0 saturated heterocycles. The number of thioether (sulfide) groups is 1. The summed E-state index contributed by atoms with van der Waals surface area (Å²) in [5.74, 6) is 0.281. The third-order valence-corrected chi connectivity index (χ3v) is 6.70. The maximum Gasteiger partial charge on any atom is 0.243 e. The van der Waals surface area contributed by atoms with E-state index in [9.17, 15) is 14.0 Å². The Kier molecular flexibility index (Phi) is 9.91. The maximum atomic E-state index is 13.6. The van der Waals surface area contributed by atoms with Gasteiger partial charge in [-0.05, 0) is 55.2 Å². The van der Waals surface area contributed by atoms with Crippen molar-refractivity contribution < 1.29 is 14.0 Å². The van der Waals surface area contributed by atoms with Gasteiger partial charge in [-0.3, -0.25) is 9.59 Å². The van der Waals surface area contributed by atoms with E-state index in [0.717, 1.165) is 22.3 Å². The highest BCUT2D eigenvalue weighted by Gasteiger charge is 2.30. The summed E-state index contributed by atoms with van der Waals surface area (Å²) in [6, 6.07) is 23.4. The first kappa shape index (κ1) is 26.5. The molecule has 184 valence electrons. The van der Waals surface area contributed by atoms with Gasteiger partial charge in [-0.1, -0.05) is 66.7 Å². The van der Waals surface area contributed by atoms with Crippen LogP contribution in [0.4, 0.5) is 4.39 Å². The van der Waals surface area contributed by atoms with Crippen LogP contribution in [0.1, 0.15) is 36.1 Å². The Balaban J connectivity index is 1.85. The third kappa shape index (κ3) is 8.25. The number of carbonyl (C=O) groups is 2. The van der Waals surface area contributed by atoms with E-state index in [2.05, 4.69) is 5.32 Å². The molecule has 0 bridgehead atoms. The molecule has 0 radical (unpaired) electrons. The zero-order valence-corrected chi connectivity index (χ0v) is 21.4. The van der Waals surface area contributed by atoms with Crippen molar-refractivity contribution in [3.8, 4) is 0 Å². The van der Waals surface area contributed by atoms with Crippen LogP contribution in [0.15, 0.2) is 78.9 Å². The van der Waals surface area contributed by atoms with Gasteiger partial charge in [0.2, 0.25) is 11.8 Å². The number of hydrogen-bond donors (Lipinski definition) is 1. The number of rotatable bonds is 11. The minimum atomic E-state index is -0.640. The highest BCUT2D eigenvalue weighted by atomic mass is 32.2. The fourth-order valence-corrected chi connectivity index (χ4v) is 4.70. The second-order valence-electron chi connectivity index (χ2n) is 8.94. The molecule has 2 amide bonds. The van der Waals surface area contributed by atoms with Crippen LogP contribution >= 0.6 is 11.8 Å². The van der Waals surface area contributed by atoms with E-state index in [1.165, 1.54) is 23.9 Å². The number of nitrogens with one attached hydrogen (secondary N) is 1. The van der Waals surface area contributed by atoms with Gasteiger partial charge in [-0.2, -0.15) is 0 Å². The molecule has 1 atom stereocenters. The Bertz CT molecular complexity index is 1100. The minimum Gasteiger partial charge on any atom is -0.352 e. The van der Waals surface area contributed by atoms with E-state index in [-0.39, 0.29) is 29.4 Å². The SMILES string of the molecule is Cc1ccccc1CN(C(=O)CSCc1ccc(F)cc1)[C@@H](Cc1ccccc1)C(=O)NC(C)C. The molecule has 0 fully saturated rings. The Morgan fingerprint density at radius 2 is 1.57 bits per heavy atom. The Labute approximate surface area is 211 Å². The molecule has 0 unspecified atom stereocenters. The van der Waals surface area contributed by atoms with Crippen molar-refractivity contribution in [1.29, 1.82) is 0 Å². The molecule has 0 saturated carbocycles. The highest BCUT2D eigenvalue weighted by molar-refractivity contribution is 7.99. The molecule has 3 aromatic rings. The van der Waals surface area contributed by atoms with Crippen molar-refractivity contribution in [2.24, 2.45) is 0 Å². The lowest BCUT2D eigenvalue weighted by Gasteiger charge is -2.32. The topological polar surface area (TPSA) is 49.4 Å². The van der Waals surface area contributed by atoms with Crippen molar-refractivity contribution in [2.75, 3.05) is 5.75 Å². The normalized spacial score (nSPS) is 11.8. The first-order valence-corrected chi connectivity index (χ1v) is 13.0. The molecule has 0 aliphatic heterocycles. The number of carbonyl (C=O) groups excluding carboxylic acids is 2. The van der Waals surface area contributed by atoms with Crippen LogP contribution in [-0.2, 0) is 28.3 Å². The third-order valence-electron chi connectivity index (χ3n) is 5.71. The fourth-order valence-electron chi connectivity index (χ4n) is 3.83. The highest BCUT2D eigenvalue weighted by Crippen LogP contribution is 2.20. The Hall–Kier alpha value is -3.12. The van der Waals surface area contributed by atoms with Gasteiger partial charge in [0.1, 0.15) is 11.9 Å². The summed E-state index contributed by atoms with van der Waals surface area (Å²) in [5.41, 5.74) is 4.04. The van der Waals surface area contributed by atoms with Crippen molar-refractivity contribution >= 4 is 23.6 Å². The molecule has 3 aromatic carbocycles. The molecular weight excluding hydrogens is 459 g/mol. The van der Waals surface area contributed by atoms with Crippen molar-refractivity contribution in [2.45, 2.75) is 51.6 Å². The molecule has 0 spiro atoms. The molecule has 1 N–H and O–H groups in total. The van der Waals surface area contributed by atoms with Crippen LogP contribution < -0.4 is 5.32 Å². The summed E-state index contributed by atoms with van der Waals surface area (Å²) in [5, 5.41) is 3.01. The monoisotopic (exact) mass is 492 g/mol. The molecular formula is C29H33FN2O2S. The number of nitrogens with zero attached hydrogens (tertiary/aromatic N) is 1. The van der Waals surface area contributed by atoms with E-state index in [1.54, 1.807) is 17.0 Å². The molecule has 35 heavy (non-hydrogen) atoms. The number of halogens is 1. The second kappa shape index (κ2) is 13.1. The van der Waals surface area contributed by atoms with Gasteiger partial charge in [0, 0.05) is 24.8 Å². The zero-order chi connectivity index (χ0) is 25.2. The summed E-state index contributed by atoms with van der Waals surface area (Å²) in [6.07, 6.45) is 0.430. The van der Waals surface area contributed by atoms with Gasteiger partial charge >= 0.3 is 0 Å². The number of hydrogen-bond acceptors (Lipinski definition) is 3. The molecule has 0 aliphatic rings. The fraction of sp³-hybridized carbons (Fsp3) is 0.310. The second-order valence-corrected chi connectivity index (χ2v) is 9.92. The average Bonchev–Trinajstić information content (AvgIpc) is 2.83. The molecule has 0 heterocycles. The predicted molar refractivity (Wildman–Crippen MR) is 142 cm³/mol. The first-order valence-electron chi connectivity index (χ1n) is 11.8.